The summed E-state index contributed by atoms with van der Waals surface area (Å²) < 4.78 is 0. The van der Waals surface area contributed by atoms with Gasteiger partial charge >= 0.3 is 0 Å². The van der Waals surface area contributed by atoms with Gasteiger partial charge in [0.25, 0.3) is 5.91 Å². The van der Waals surface area contributed by atoms with E-state index in [-0.39, 0.29) is 11.4 Å². The average Bonchev–Trinajstić information content (AvgIpc) is 2.32. The first-order valence-electron chi connectivity index (χ1n) is 6.30. The summed E-state index contributed by atoms with van der Waals surface area (Å²) in [6.07, 6.45) is 1.91. The molecule has 0 radical (unpaired) electrons. The van der Waals surface area contributed by atoms with Gasteiger partial charge in [-0.1, -0.05) is 17.7 Å². The van der Waals surface area contributed by atoms with Crippen molar-refractivity contribution in [1.29, 1.82) is 0 Å². The van der Waals surface area contributed by atoms with E-state index in [1.807, 2.05) is 13.0 Å². The molecule has 1 amide bonds. The van der Waals surface area contributed by atoms with Crippen LogP contribution >= 0.6 is 11.6 Å². The van der Waals surface area contributed by atoms with Gasteiger partial charge in [-0.25, -0.2) is 0 Å². The lowest BCUT2D eigenvalue weighted by molar-refractivity contribution is 0.0887. The molecule has 98 valence electrons. The topological polar surface area (TPSA) is 41.1 Å². The number of hydrogen-bond donors (Lipinski definition) is 2. The highest BCUT2D eigenvalue weighted by Gasteiger charge is 2.28. The van der Waals surface area contributed by atoms with Crippen LogP contribution in [0.5, 0.6) is 0 Å². The van der Waals surface area contributed by atoms with Crippen molar-refractivity contribution in [1.82, 2.24) is 10.6 Å². The van der Waals surface area contributed by atoms with Crippen molar-refractivity contribution in [3.63, 3.8) is 0 Å². The first-order chi connectivity index (χ1) is 8.50. The highest BCUT2D eigenvalue weighted by Crippen LogP contribution is 2.20. The molecule has 1 heterocycles. The molecule has 2 N–H and O–H groups in total. The van der Waals surface area contributed by atoms with Crippen LogP contribution < -0.4 is 10.6 Å². The van der Waals surface area contributed by atoms with Crippen LogP contribution in [0.4, 0.5) is 0 Å². The second-order valence-corrected chi connectivity index (χ2v) is 5.66. The van der Waals surface area contributed by atoms with Gasteiger partial charge < -0.3 is 10.6 Å². The Balaban J connectivity index is 2.14. The monoisotopic (exact) mass is 266 g/mol. The molecule has 1 aliphatic heterocycles. The van der Waals surface area contributed by atoms with E-state index in [9.17, 15) is 4.79 Å². The second-order valence-electron chi connectivity index (χ2n) is 5.22. The minimum absolute atomic E-state index is 0.0283. The molecule has 0 atom stereocenters. The molecule has 4 heteroatoms. The van der Waals surface area contributed by atoms with Crippen LogP contribution in [0.3, 0.4) is 0 Å². The van der Waals surface area contributed by atoms with Gasteiger partial charge in [0.2, 0.25) is 0 Å². The summed E-state index contributed by atoms with van der Waals surface area (Å²) >= 11 is 5.95. The molecule has 1 aromatic carbocycles. The molecule has 0 aliphatic carbocycles. The normalized spacial score (nSPS) is 18.4. The molecule has 0 unspecified atom stereocenters. The first-order valence-corrected chi connectivity index (χ1v) is 6.67. The van der Waals surface area contributed by atoms with E-state index in [0.717, 1.165) is 31.5 Å². The maximum absolute atomic E-state index is 12.3. The number of rotatable bonds is 2. The van der Waals surface area contributed by atoms with Crippen LogP contribution in [0.1, 0.15) is 35.7 Å². The van der Waals surface area contributed by atoms with Crippen LogP contribution in [0, 0.1) is 6.92 Å². The van der Waals surface area contributed by atoms with Crippen molar-refractivity contribution in [3.05, 3.63) is 34.3 Å². The predicted octanol–water partition coefficient (Wildman–Crippen LogP) is 2.52. The van der Waals surface area contributed by atoms with Gasteiger partial charge in [0.1, 0.15) is 0 Å². The van der Waals surface area contributed by atoms with Crippen LogP contribution in [-0.4, -0.2) is 24.5 Å². The summed E-state index contributed by atoms with van der Waals surface area (Å²) in [5.74, 6) is -0.0283. The minimum Gasteiger partial charge on any atom is -0.347 e. The largest absolute Gasteiger partial charge is 0.347 e. The summed E-state index contributed by atoms with van der Waals surface area (Å²) in [4.78, 5) is 12.3. The molecule has 0 saturated carbocycles. The van der Waals surface area contributed by atoms with Crippen LogP contribution in [0.2, 0.25) is 5.02 Å². The van der Waals surface area contributed by atoms with Gasteiger partial charge in [0.05, 0.1) is 0 Å². The van der Waals surface area contributed by atoms with Crippen molar-refractivity contribution in [2.24, 2.45) is 0 Å². The zero-order valence-electron chi connectivity index (χ0n) is 10.8. The Morgan fingerprint density at radius 3 is 2.72 bits per heavy atom. The summed E-state index contributed by atoms with van der Waals surface area (Å²) in [5.41, 5.74) is 1.51. The lowest BCUT2D eigenvalue weighted by atomic mass is 9.90. The molecule has 0 aromatic heterocycles. The zero-order chi connectivity index (χ0) is 13.2. The molecule has 1 aromatic rings. The fourth-order valence-corrected chi connectivity index (χ4v) is 2.46. The molecule has 3 nitrogen and oxygen atoms in total. The van der Waals surface area contributed by atoms with E-state index in [1.165, 1.54) is 0 Å². The highest BCUT2D eigenvalue weighted by atomic mass is 35.5. The fourth-order valence-electron chi connectivity index (χ4n) is 2.28. The molecule has 1 saturated heterocycles. The maximum Gasteiger partial charge on any atom is 0.252 e. The second kappa shape index (κ2) is 5.29. The number of carbonyl (C=O) groups is 1. The number of hydrogen-bond acceptors (Lipinski definition) is 2. The lowest BCUT2D eigenvalue weighted by Gasteiger charge is -2.35. The van der Waals surface area contributed by atoms with E-state index >= 15 is 0 Å². The molecular formula is C14H19ClN2O. The Hall–Kier alpha value is -1.06. The third kappa shape index (κ3) is 3.03. The quantitative estimate of drug-likeness (QED) is 0.864. The molecule has 1 aliphatic rings. The molecule has 0 bridgehead atoms. The highest BCUT2D eigenvalue weighted by molar-refractivity contribution is 6.31. The lowest BCUT2D eigenvalue weighted by Crippen LogP contribution is -2.52. The van der Waals surface area contributed by atoms with Crippen molar-refractivity contribution in [2.45, 2.75) is 32.2 Å². The van der Waals surface area contributed by atoms with E-state index in [2.05, 4.69) is 17.6 Å². The number of carbonyl (C=O) groups excluding carboxylic acids is 1. The molecule has 18 heavy (non-hydrogen) atoms. The van der Waals surface area contributed by atoms with Crippen molar-refractivity contribution >= 4 is 17.5 Å². The third-order valence-electron chi connectivity index (χ3n) is 3.57. The molecular weight excluding hydrogens is 248 g/mol. The number of nitrogens with one attached hydrogen (secondary N) is 2. The number of piperidine rings is 1. The standard InChI is InChI=1S/C14H19ClN2O/c1-10-3-4-11(15)9-12(10)13(18)17-14(2)5-7-16-8-6-14/h3-4,9,16H,5-8H2,1-2H3,(H,17,18). The maximum atomic E-state index is 12.3. The fraction of sp³-hybridized carbons (Fsp3) is 0.500. The Labute approximate surface area is 113 Å². The minimum atomic E-state index is -0.114. The van der Waals surface area contributed by atoms with Gasteiger partial charge in [-0.15, -0.1) is 0 Å². The molecule has 1 fully saturated rings. The summed E-state index contributed by atoms with van der Waals surface area (Å²) in [6.45, 7) is 5.93. The van der Waals surface area contributed by atoms with Gasteiger partial charge in [0.15, 0.2) is 0 Å². The third-order valence-corrected chi connectivity index (χ3v) is 3.80. The number of amides is 1. The summed E-state index contributed by atoms with van der Waals surface area (Å²) in [5, 5.41) is 7.04. The van der Waals surface area contributed by atoms with E-state index in [1.54, 1.807) is 12.1 Å². The number of benzene rings is 1. The predicted molar refractivity (Wildman–Crippen MR) is 74.2 cm³/mol. The van der Waals surface area contributed by atoms with E-state index < -0.39 is 0 Å². The summed E-state index contributed by atoms with van der Waals surface area (Å²) in [7, 11) is 0. The van der Waals surface area contributed by atoms with Gasteiger partial charge in [-0.05, 0) is 57.5 Å². The van der Waals surface area contributed by atoms with Gasteiger partial charge in [0, 0.05) is 16.1 Å². The smallest absolute Gasteiger partial charge is 0.252 e. The summed E-state index contributed by atoms with van der Waals surface area (Å²) in [6, 6.07) is 5.42. The zero-order valence-corrected chi connectivity index (χ0v) is 11.6. The van der Waals surface area contributed by atoms with Crippen molar-refractivity contribution < 1.29 is 4.79 Å². The Morgan fingerprint density at radius 1 is 1.39 bits per heavy atom. The van der Waals surface area contributed by atoms with E-state index in [4.69, 9.17) is 11.6 Å². The molecule has 0 spiro atoms. The van der Waals surface area contributed by atoms with Crippen molar-refractivity contribution in [3.8, 4) is 0 Å². The van der Waals surface area contributed by atoms with Crippen molar-refractivity contribution in [2.75, 3.05) is 13.1 Å². The van der Waals surface area contributed by atoms with Gasteiger partial charge in [-0.3, -0.25) is 4.79 Å². The number of halogens is 1. The van der Waals surface area contributed by atoms with Crippen LogP contribution in [0.25, 0.3) is 0 Å². The SMILES string of the molecule is Cc1ccc(Cl)cc1C(=O)NC1(C)CCNCC1. The molecule has 2 rings (SSSR count). The Kier molecular flexibility index (Phi) is 3.93. The average molecular weight is 267 g/mol. The van der Waals surface area contributed by atoms with E-state index in [0.29, 0.717) is 10.6 Å². The Morgan fingerprint density at radius 2 is 2.06 bits per heavy atom. The number of aryl methyl sites for hydroxylation is 1. The first kappa shape index (κ1) is 13.4. The van der Waals surface area contributed by atoms with Crippen LogP contribution in [0.15, 0.2) is 18.2 Å². The Bertz CT molecular complexity index is 453. The van der Waals surface area contributed by atoms with Gasteiger partial charge in [-0.2, -0.15) is 0 Å². The van der Waals surface area contributed by atoms with Crippen LogP contribution in [-0.2, 0) is 0 Å².